The van der Waals surface area contributed by atoms with E-state index in [1.807, 2.05) is 36.4 Å². The minimum absolute atomic E-state index is 0.353. The molecule has 29 heavy (non-hydrogen) atoms. The molecule has 0 aromatic heterocycles. The van der Waals surface area contributed by atoms with Gasteiger partial charge in [-0.3, -0.25) is 4.99 Å². The molecule has 0 radical (unpaired) electrons. The highest BCUT2D eigenvalue weighted by Crippen LogP contribution is 2.23. The van der Waals surface area contributed by atoms with Crippen molar-refractivity contribution >= 4 is 27.6 Å². The third-order valence-corrected chi connectivity index (χ3v) is 7.35. The summed E-state index contributed by atoms with van der Waals surface area (Å²) in [6.45, 7) is 2.05. The Balaban J connectivity index is 1.68. The predicted octanol–water partition coefficient (Wildman–Crippen LogP) is 3.38. The van der Waals surface area contributed by atoms with Crippen molar-refractivity contribution in [2.45, 2.75) is 37.2 Å². The number of halogens is 1. The zero-order valence-electron chi connectivity index (χ0n) is 16.6. The van der Waals surface area contributed by atoms with Crippen LogP contribution >= 0.6 is 11.6 Å². The van der Waals surface area contributed by atoms with Crippen molar-refractivity contribution in [3.05, 3.63) is 64.7 Å². The topological polar surface area (TPSA) is 73.8 Å². The lowest BCUT2D eigenvalue weighted by Crippen LogP contribution is -2.38. The van der Waals surface area contributed by atoms with Gasteiger partial charge in [0.2, 0.25) is 10.0 Å². The second-order valence-corrected chi connectivity index (χ2v) is 9.26. The van der Waals surface area contributed by atoms with Crippen molar-refractivity contribution < 1.29 is 8.42 Å². The van der Waals surface area contributed by atoms with Gasteiger partial charge in [0.15, 0.2) is 5.96 Å². The van der Waals surface area contributed by atoms with Gasteiger partial charge in [-0.2, -0.15) is 4.31 Å². The lowest BCUT2D eigenvalue weighted by Gasteiger charge is -2.27. The van der Waals surface area contributed by atoms with Crippen molar-refractivity contribution in [3.63, 3.8) is 0 Å². The van der Waals surface area contributed by atoms with Crippen molar-refractivity contribution in [3.8, 4) is 0 Å². The van der Waals surface area contributed by atoms with Crippen LogP contribution in [0.15, 0.2) is 58.4 Å². The molecule has 0 bridgehead atoms. The largest absolute Gasteiger partial charge is 0.352 e. The Morgan fingerprint density at radius 2 is 1.55 bits per heavy atom. The van der Waals surface area contributed by atoms with Gasteiger partial charge in [-0.15, -0.1) is 0 Å². The number of benzene rings is 2. The lowest BCUT2D eigenvalue weighted by molar-refractivity contribution is 0.346. The number of nitrogens with zero attached hydrogens (tertiary/aromatic N) is 2. The summed E-state index contributed by atoms with van der Waals surface area (Å²) >= 11 is 6.20. The van der Waals surface area contributed by atoms with Gasteiger partial charge in [0.1, 0.15) is 0 Å². The van der Waals surface area contributed by atoms with E-state index in [1.54, 1.807) is 23.5 Å². The summed E-state index contributed by atoms with van der Waals surface area (Å²) < 4.78 is 27.8. The highest BCUT2D eigenvalue weighted by Gasteiger charge is 2.27. The van der Waals surface area contributed by atoms with Crippen LogP contribution < -0.4 is 10.6 Å². The molecule has 0 spiro atoms. The van der Waals surface area contributed by atoms with E-state index in [0.29, 0.717) is 42.1 Å². The van der Waals surface area contributed by atoms with E-state index in [0.717, 1.165) is 30.4 Å². The molecule has 1 aliphatic heterocycles. The van der Waals surface area contributed by atoms with Crippen molar-refractivity contribution in [2.24, 2.45) is 4.99 Å². The first-order chi connectivity index (χ1) is 14.0. The average Bonchev–Trinajstić information content (AvgIpc) is 2.76. The lowest BCUT2D eigenvalue weighted by atomic mass is 10.2. The molecular formula is C21H27ClN4O2S. The maximum Gasteiger partial charge on any atom is 0.243 e. The molecule has 0 saturated carbocycles. The maximum absolute atomic E-state index is 13.1. The smallest absolute Gasteiger partial charge is 0.243 e. The Morgan fingerprint density at radius 3 is 2.21 bits per heavy atom. The van der Waals surface area contributed by atoms with Crippen LogP contribution in [0.1, 0.15) is 30.4 Å². The molecule has 0 aliphatic carbocycles. The molecule has 2 aromatic carbocycles. The van der Waals surface area contributed by atoms with E-state index in [-0.39, 0.29) is 0 Å². The van der Waals surface area contributed by atoms with E-state index < -0.39 is 10.0 Å². The Kier molecular flexibility index (Phi) is 7.52. The second-order valence-electron chi connectivity index (χ2n) is 6.94. The SMILES string of the molecule is CN=C(NCc1ccccc1Cl)NCc1ccccc1S(=O)(=O)N1CCCCC1. The number of aliphatic imine (C=N–C) groups is 1. The maximum atomic E-state index is 13.1. The summed E-state index contributed by atoms with van der Waals surface area (Å²) in [5.41, 5.74) is 1.68. The highest BCUT2D eigenvalue weighted by molar-refractivity contribution is 7.89. The Morgan fingerprint density at radius 1 is 0.966 bits per heavy atom. The standard InChI is InChI=1S/C21H27ClN4O2S/c1-23-21(24-15-17-9-3-5-11-19(17)22)25-16-18-10-4-6-12-20(18)29(27,28)26-13-7-2-8-14-26/h3-6,9-12H,2,7-8,13-16H2,1H3,(H2,23,24,25). The number of hydrogen-bond acceptors (Lipinski definition) is 3. The zero-order chi connectivity index (χ0) is 20.7. The summed E-state index contributed by atoms with van der Waals surface area (Å²) in [5.74, 6) is 0.579. The molecule has 6 nitrogen and oxygen atoms in total. The fraction of sp³-hybridized carbons (Fsp3) is 0.381. The summed E-state index contributed by atoms with van der Waals surface area (Å²) in [7, 11) is -1.81. The van der Waals surface area contributed by atoms with Crippen molar-refractivity contribution in [1.29, 1.82) is 0 Å². The molecule has 0 amide bonds. The molecule has 1 heterocycles. The Labute approximate surface area is 178 Å². The third kappa shape index (κ3) is 5.50. The van der Waals surface area contributed by atoms with Gasteiger partial charge >= 0.3 is 0 Å². The summed E-state index contributed by atoms with van der Waals surface area (Å²) in [6.07, 6.45) is 2.92. The molecule has 8 heteroatoms. The van der Waals surface area contributed by atoms with E-state index in [2.05, 4.69) is 15.6 Å². The van der Waals surface area contributed by atoms with Gasteiger partial charge in [-0.05, 0) is 36.1 Å². The fourth-order valence-corrected chi connectivity index (χ4v) is 5.31. The second kappa shape index (κ2) is 10.1. The first-order valence-electron chi connectivity index (χ1n) is 9.78. The minimum Gasteiger partial charge on any atom is -0.352 e. The predicted molar refractivity (Wildman–Crippen MR) is 118 cm³/mol. The highest BCUT2D eigenvalue weighted by atomic mass is 35.5. The molecule has 2 aromatic rings. The summed E-state index contributed by atoms with van der Waals surface area (Å²) in [6, 6.07) is 14.8. The normalized spacial score (nSPS) is 15.9. The number of piperidine rings is 1. The Hall–Kier alpha value is -2.09. The van der Waals surface area contributed by atoms with Gasteiger partial charge in [0.25, 0.3) is 0 Å². The first kappa shape index (κ1) is 21.6. The molecule has 2 N–H and O–H groups in total. The van der Waals surface area contributed by atoms with Crippen LogP contribution in [0.5, 0.6) is 0 Å². The summed E-state index contributed by atoms with van der Waals surface area (Å²) in [5, 5.41) is 7.10. The molecule has 1 fully saturated rings. The molecule has 3 rings (SSSR count). The van der Waals surface area contributed by atoms with E-state index in [1.165, 1.54) is 0 Å². The van der Waals surface area contributed by atoms with Gasteiger partial charge in [-0.1, -0.05) is 54.4 Å². The Bertz CT molecular complexity index is 957. The monoisotopic (exact) mass is 434 g/mol. The zero-order valence-corrected chi connectivity index (χ0v) is 18.1. The first-order valence-corrected chi connectivity index (χ1v) is 11.6. The minimum atomic E-state index is -3.49. The van der Waals surface area contributed by atoms with E-state index in [9.17, 15) is 8.42 Å². The van der Waals surface area contributed by atoms with Gasteiger partial charge < -0.3 is 10.6 Å². The van der Waals surface area contributed by atoms with E-state index in [4.69, 9.17) is 11.6 Å². The van der Waals surface area contributed by atoms with Crippen molar-refractivity contribution in [2.75, 3.05) is 20.1 Å². The molecule has 0 atom stereocenters. The number of sulfonamides is 1. The van der Waals surface area contributed by atoms with Crippen LogP contribution in [0.4, 0.5) is 0 Å². The fourth-order valence-electron chi connectivity index (χ4n) is 3.37. The van der Waals surface area contributed by atoms with Gasteiger partial charge in [0.05, 0.1) is 4.90 Å². The molecule has 1 saturated heterocycles. The molecule has 1 aliphatic rings. The van der Waals surface area contributed by atoms with Crippen LogP contribution in [0, 0.1) is 0 Å². The van der Waals surface area contributed by atoms with Crippen LogP contribution in [-0.4, -0.2) is 38.8 Å². The average molecular weight is 435 g/mol. The van der Waals surface area contributed by atoms with Crippen LogP contribution in [0.25, 0.3) is 0 Å². The van der Waals surface area contributed by atoms with Gasteiger partial charge in [0, 0.05) is 38.2 Å². The van der Waals surface area contributed by atoms with Crippen LogP contribution in [0.3, 0.4) is 0 Å². The van der Waals surface area contributed by atoms with E-state index >= 15 is 0 Å². The third-order valence-electron chi connectivity index (χ3n) is 4.98. The molecule has 156 valence electrons. The van der Waals surface area contributed by atoms with Crippen LogP contribution in [-0.2, 0) is 23.1 Å². The molecular weight excluding hydrogens is 408 g/mol. The number of hydrogen-bond donors (Lipinski definition) is 2. The number of guanidine groups is 1. The molecule has 0 unspecified atom stereocenters. The summed E-state index contributed by atoms with van der Waals surface area (Å²) in [4.78, 5) is 4.58. The quantitative estimate of drug-likeness (QED) is 0.540. The van der Waals surface area contributed by atoms with Gasteiger partial charge in [-0.25, -0.2) is 8.42 Å². The van der Waals surface area contributed by atoms with Crippen molar-refractivity contribution in [1.82, 2.24) is 14.9 Å². The number of nitrogens with one attached hydrogen (secondary N) is 2. The van der Waals surface area contributed by atoms with Crippen LogP contribution in [0.2, 0.25) is 5.02 Å². The number of rotatable bonds is 6.